The Bertz CT molecular complexity index is 533. The molecule has 0 spiro atoms. The molecule has 0 atom stereocenters. The molecule has 1 N–H and O–H groups in total. The quantitative estimate of drug-likeness (QED) is 0.589. The lowest BCUT2D eigenvalue weighted by Crippen LogP contribution is -2.22. The highest BCUT2D eigenvalue weighted by Gasteiger charge is 2.13. The third-order valence-electron chi connectivity index (χ3n) is 3.04. The van der Waals surface area contributed by atoms with E-state index in [1.165, 1.54) is 0 Å². The second kappa shape index (κ2) is 8.09. The number of carboxylic acids is 1. The van der Waals surface area contributed by atoms with Crippen molar-refractivity contribution in [2.24, 2.45) is 0 Å². The van der Waals surface area contributed by atoms with E-state index in [2.05, 4.69) is 18.7 Å². The number of anilines is 1. The lowest BCUT2D eigenvalue weighted by Gasteiger charge is -2.22. The minimum absolute atomic E-state index is 0.366. The number of benzene rings is 1. The molecule has 0 radical (unpaired) electrons. The van der Waals surface area contributed by atoms with Crippen molar-refractivity contribution in [1.29, 1.82) is 0 Å². The molecule has 0 unspecified atom stereocenters. The molecule has 0 aliphatic carbocycles. The number of rotatable bonds is 8. The molecular weight excluding hydrogens is 270 g/mol. The average Bonchev–Trinajstić information content (AvgIpc) is 2.46. The summed E-state index contributed by atoms with van der Waals surface area (Å²) in [5.41, 5.74) is 1.34. The average molecular weight is 291 g/mol. The van der Waals surface area contributed by atoms with Crippen molar-refractivity contribution in [3.8, 4) is 5.75 Å². The summed E-state index contributed by atoms with van der Waals surface area (Å²) in [5, 5.41) is 8.59. The second-order valence-electron chi connectivity index (χ2n) is 4.32. The zero-order valence-electron chi connectivity index (χ0n) is 12.6. The van der Waals surface area contributed by atoms with Gasteiger partial charge in [0.25, 0.3) is 0 Å². The van der Waals surface area contributed by atoms with Gasteiger partial charge in [0.1, 0.15) is 5.75 Å². The SMILES string of the molecule is CCOc1cc(N(CC)CC)ccc1C(=O)/C=C/C(=O)O. The number of nitrogens with zero attached hydrogens (tertiary/aromatic N) is 1. The highest BCUT2D eigenvalue weighted by atomic mass is 16.5. The maximum absolute atomic E-state index is 12.0. The lowest BCUT2D eigenvalue weighted by molar-refractivity contribution is -0.131. The van der Waals surface area contributed by atoms with E-state index in [1.54, 1.807) is 6.07 Å². The zero-order chi connectivity index (χ0) is 15.8. The first-order chi connectivity index (χ1) is 10.0. The first kappa shape index (κ1) is 16.8. The number of aliphatic carboxylic acids is 1. The molecule has 1 aromatic carbocycles. The van der Waals surface area contributed by atoms with Crippen LogP contribution >= 0.6 is 0 Å². The molecule has 0 heterocycles. The van der Waals surface area contributed by atoms with E-state index in [0.717, 1.165) is 30.9 Å². The van der Waals surface area contributed by atoms with E-state index in [4.69, 9.17) is 9.84 Å². The normalized spacial score (nSPS) is 10.6. The van der Waals surface area contributed by atoms with Crippen LogP contribution in [0.2, 0.25) is 0 Å². The van der Waals surface area contributed by atoms with Crippen molar-refractivity contribution < 1.29 is 19.4 Å². The molecule has 0 aromatic heterocycles. The van der Waals surface area contributed by atoms with Crippen molar-refractivity contribution in [3.63, 3.8) is 0 Å². The number of hydrogen-bond donors (Lipinski definition) is 1. The Labute approximate surface area is 124 Å². The van der Waals surface area contributed by atoms with Crippen molar-refractivity contribution >= 4 is 17.4 Å². The minimum atomic E-state index is -1.15. The van der Waals surface area contributed by atoms with Crippen molar-refractivity contribution in [3.05, 3.63) is 35.9 Å². The van der Waals surface area contributed by atoms with Crippen LogP contribution in [0.3, 0.4) is 0 Å². The maximum atomic E-state index is 12.0. The van der Waals surface area contributed by atoms with Crippen molar-refractivity contribution in [1.82, 2.24) is 0 Å². The highest BCUT2D eigenvalue weighted by Crippen LogP contribution is 2.26. The van der Waals surface area contributed by atoms with Crippen LogP contribution in [0.15, 0.2) is 30.4 Å². The Hall–Kier alpha value is -2.30. The Morgan fingerprint density at radius 3 is 2.38 bits per heavy atom. The molecule has 114 valence electrons. The predicted molar refractivity (Wildman–Crippen MR) is 82.3 cm³/mol. The maximum Gasteiger partial charge on any atom is 0.328 e. The Morgan fingerprint density at radius 2 is 1.86 bits per heavy atom. The van der Waals surface area contributed by atoms with Gasteiger partial charge in [0.05, 0.1) is 12.2 Å². The molecular formula is C16H21NO4. The summed E-state index contributed by atoms with van der Waals surface area (Å²) < 4.78 is 5.52. The summed E-state index contributed by atoms with van der Waals surface area (Å²) in [6, 6.07) is 5.34. The summed E-state index contributed by atoms with van der Waals surface area (Å²) in [4.78, 5) is 24.7. The van der Waals surface area contributed by atoms with Gasteiger partial charge in [-0.2, -0.15) is 0 Å². The predicted octanol–water partition coefficient (Wildman–Crippen LogP) is 2.76. The van der Waals surface area contributed by atoms with Crippen LogP contribution in [-0.2, 0) is 4.79 Å². The summed E-state index contributed by atoms with van der Waals surface area (Å²) in [5.74, 6) is -1.06. The van der Waals surface area contributed by atoms with Crippen molar-refractivity contribution in [2.75, 3.05) is 24.6 Å². The molecule has 1 aromatic rings. The molecule has 5 heteroatoms. The van der Waals surface area contributed by atoms with E-state index < -0.39 is 5.97 Å². The summed E-state index contributed by atoms with van der Waals surface area (Å²) in [6.45, 7) is 8.09. The van der Waals surface area contributed by atoms with Gasteiger partial charge in [-0.05, 0) is 39.0 Å². The van der Waals surface area contributed by atoms with Crippen LogP contribution in [0.5, 0.6) is 5.75 Å². The Kier molecular flexibility index (Phi) is 6.46. The van der Waals surface area contributed by atoms with E-state index in [9.17, 15) is 9.59 Å². The van der Waals surface area contributed by atoms with Crippen LogP contribution in [0.25, 0.3) is 0 Å². The first-order valence-corrected chi connectivity index (χ1v) is 7.00. The fourth-order valence-electron chi connectivity index (χ4n) is 2.01. The number of carbonyl (C=O) groups excluding carboxylic acids is 1. The molecule has 21 heavy (non-hydrogen) atoms. The van der Waals surface area contributed by atoms with Gasteiger partial charge in [-0.3, -0.25) is 4.79 Å². The molecule has 0 fully saturated rings. The monoisotopic (exact) mass is 291 g/mol. The van der Waals surface area contributed by atoms with Crippen LogP contribution < -0.4 is 9.64 Å². The fraction of sp³-hybridized carbons (Fsp3) is 0.375. The standard InChI is InChI=1S/C16H21NO4/c1-4-17(5-2)12-7-8-13(15(11-12)21-6-3)14(18)9-10-16(19)20/h7-11H,4-6H2,1-3H3,(H,19,20)/b10-9+. The lowest BCUT2D eigenvalue weighted by atomic mass is 10.1. The molecule has 0 aliphatic heterocycles. The Balaban J connectivity index is 3.15. The van der Waals surface area contributed by atoms with Crippen molar-refractivity contribution in [2.45, 2.75) is 20.8 Å². The summed E-state index contributed by atoms with van der Waals surface area (Å²) in [6.07, 6.45) is 1.87. The van der Waals surface area contributed by atoms with Crippen LogP contribution in [-0.4, -0.2) is 36.6 Å². The van der Waals surface area contributed by atoms with Gasteiger partial charge in [0.2, 0.25) is 0 Å². The number of ether oxygens (including phenoxy) is 1. The largest absolute Gasteiger partial charge is 0.493 e. The number of carbonyl (C=O) groups is 2. The van der Waals surface area contributed by atoms with Crippen LogP contribution in [0, 0.1) is 0 Å². The summed E-state index contributed by atoms with van der Waals surface area (Å²) >= 11 is 0. The van der Waals surface area contributed by atoms with E-state index in [-0.39, 0.29) is 5.78 Å². The third-order valence-corrected chi connectivity index (χ3v) is 3.04. The zero-order valence-corrected chi connectivity index (χ0v) is 12.6. The van der Waals surface area contributed by atoms with Gasteiger partial charge in [0.15, 0.2) is 5.78 Å². The van der Waals surface area contributed by atoms with Gasteiger partial charge in [0, 0.05) is 30.9 Å². The van der Waals surface area contributed by atoms with E-state index >= 15 is 0 Å². The van der Waals surface area contributed by atoms with Gasteiger partial charge in [-0.1, -0.05) is 0 Å². The van der Waals surface area contributed by atoms with Crippen LogP contribution in [0.1, 0.15) is 31.1 Å². The minimum Gasteiger partial charge on any atom is -0.493 e. The molecule has 5 nitrogen and oxygen atoms in total. The van der Waals surface area contributed by atoms with Gasteiger partial charge in [-0.15, -0.1) is 0 Å². The molecule has 0 saturated carbocycles. The van der Waals surface area contributed by atoms with E-state index in [0.29, 0.717) is 17.9 Å². The van der Waals surface area contributed by atoms with Gasteiger partial charge in [-0.25, -0.2) is 4.79 Å². The first-order valence-electron chi connectivity index (χ1n) is 7.00. The molecule has 0 amide bonds. The van der Waals surface area contributed by atoms with E-state index in [1.807, 2.05) is 19.1 Å². The molecule has 1 rings (SSSR count). The number of allylic oxidation sites excluding steroid dienone is 1. The van der Waals surface area contributed by atoms with Gasteiger partial charge >= 0.3 is 5.97 Å². The third kappa shape index (κ3) is 4.63. The number of hydrogen-bond acceptors (Lipinski definition) is 4. The fourth-order valence-corrected chi connectivity index (χ4v) is 2.01. The highest BCUT2D eigenvalue weighted by molar-refractivity contribution is 6.08. The summed E-state index contributed by atoms with van der Waals surface area (Å²) in [7, 11) is 0. The second-order valence-corrected chi connectivity index (χ2v) is 4.32. The molecule has 0 saturated heterocycles. The molecule has 0 bridgehead atoms. The smallest absolute Gasteiger partial charge is 0.328 e. The molecule has 0 aliphatic rings. The topological polar surface area (TPSA) is 66.8 Å². The number of carboxylic acid groups (broad SMARTS) is 1. The Morgan fingerprint density at radius 1 is 1.19 bits per heavy atom. The number of ketones is 1. The van der Waals surface area contributed by atoms with Gasteiger partial charge < -0.3 is 14.7 Å². The van der Waals surface area contributed by atoms with Crippen LogP contribution in [0.4, 0.5) is 5.69 Å².